The van der Waals surface area contributed by atoms with Crippen LogP contribution in [-0.2, 0) is 19.3 Å². The third-order valence-electron chi connectivity index (χ3n) is 15.4. The molecule has 1 aromatic heterocycles. The molecule has 0 aliphatic rings. The van der Waals surface area contributed by atoms with Crippen molar-refractivity contribution in [3.8, 4) is 0 Å². The molecule has 1 radical (unpaired) electrons. The van der Waals surface area contributed by atoms with Gasteiger partial charge in [-0.3, -0.25) is 0 Å². The zero-order valence-corrected chi connectivity index (χ0v) is 46.2. The molecule has 0 amide bonds. The Morgan fingerprint density at radius 1 is 0.197 bits per heavy atom. The molecule has 1 aromatic rings. The van der Waals surface area contributed by atoms with Gasteiger partial charge in [0.25, 0.3) is 0 Å². The van der Waals surface area contributed by atoms with Crippen molar-refractivity contribution in [1.29, 1.82) is 0 Å². The average molecular weight is 921 g/mol. The summed E-state index contributed by atoms with van der Waals surface area (Å²) in [7, 11) is 0. The van der Waals surface area contributed by atoms with Crippen LogP contribution in [0.2, 0.25) is 0 Å². The third-order valence-corrected chi connectivity index (χ3v) is 15.4. The summed E-state index contributed by atoms with van der Waals surface area (Å²) in [5.41, 5.74) is 4.24. The van der Waals surface area contributed by atoms with Crippen molar-refractivity contribution in [1.82, 2.24) is 9.97 Å². The highest BCUT2D eigenvalue weighted by molar-refractivity contribution is 5.25. The first kappa shape index (κ1) is 63.1. The second-order valence-corrected chi connectivity index (χ2v) is 22.0. The van der Waals surface area contributed by atoms with Gasteiger partial charge in [0.1, 0.15) is 0 Å². The Hall–Kier alpha value is -0.920. The van der Waals surface area contributed by atoms with Crippen LogP contribution in [0.4, 0.5) is 0 Å². The smallest absolute Gasteiger partial charge is 0.198 e. The fourth-order valence-electron chi connectivity index (χ4n) is 10.7. The lowest BCUT2D eigenvalue weighted by atomic mass is 9.96. The monoisotopic (exact) mass is 920 g/mol. The molecule has 0 saturated heterocycles. The van der Waals surface area contributed by atoms with Crippen molar-refractivity contribution in [3.05, 3.63) is 23.3 Å². The minimum absolute atomic E-state index is 1.14. The van der Waals surface area contributed by atoms with Gasteiger partial charge >= 0.3 is 0 Å². The van der Waals surface area contributed by atoms with Crippen molar-refractivity contribution in [2.75, 3.05) is 0 Å². The second-order valence-electron chi connectivity index (χ2n) is 22.0. The second kappa shape index (κ2) is 55.0. The van der Waals surface area contributed by atoms with Gasteiger partial charge in [0.15, 0.2) is 6.33 Å². The molecule has 0 aliphatic heterocycles. The van der Waals surface area contributed by atoms with Crippen molar-refractivity contribution < 1.29 is 0 Å². The zero-order chi connectivity index (χ0) is 47.2. The van der Waals surface area contributed by atoms with E-state index in [9.17, 15) is 0 Å². The van der Waals surface area contributed by atoms with E-state index in [0.29, 0.717) is 0 Å². The molecule has 0 spiro atoms. The normalized spacial score (nSPS) is 11.7. The largest absolute Gasteiger partial charge is 0.230 e. The Morgan fingerprint density at radius 2 is 0.348 bits per heavy atom. The molecule has 0 saturated carbocycles. The minimum Gasteiger partial charge on any atom is -0.230 e. The molecule has 0 N–H and O–H groups in total. The van der Waals surface area contributed by atoms with E-state index >= 15 is 0 Å². The van der Waals surface area contributed by atoms with Gasteiger partial charge in [0.2, 0.25) is 0 Å². The van der Waals surface area contributed by atoms with E-state index in [0.717, 1.165) is 12.8 Å². The molecule has 0 bridgehead atoms. The van der Waals surface area contributed by atoms with E-state index in [1.165, 1.54) is 370 Å². The lowest BCUT2D eigenvalue weighted by Gasteiger charge is -2.13. The van der Waals surface area contributed by atoms with Crippen LogP contribution in [0.5, 0.6) is 0 Å². The highest BCUT2D eigenvalue weighted by atomic mass is 14.8. The average Bonchev–Trinajstić information content (AvgIpc) is 3.33. The standard InChI is InChI=1S/C64H123N2/c1-4-7-10-13-16-19-22-25-28-31-34-37-40-43-46-49-52-55-58-62-63(59-56-53-50-47-44-41-38-35-32-29-26-23-20-17-14-11-8-5-2)65-61-66-64(62)60-57-54-51-48-45-42-39-36-33-30-27-24-21-18-15-12-9-6-3/h4-60H2,1-3H3. The van der Waals surface area contributed by atoms with Gasteiger partial charge in [0.05, 0.1) is 0 Å². The molecule has 0 fully saturated rings. The zero-order valence-electron chi connectivity index (χ0n) is 46.2. The van der Waals surface area contributed by atoms with Crippen LogP contribution < -0.4 is 0 Å². The number of aryl methyl sites for hydroxylation is 2. The van der Waals surface area contributed by atoms with E-state index in [1.54, 1.807) is 0 Å². The SMILES string of the molecule is CCCCCCCCCCCCCCCCCCCCc1n[c]nc(CCCCCCCCCCCCCCCCCCCC)c1CCCCCCCCCCCCCCCCCCCC. The van der Waals surface area contributed by atoms with Crippen molar-refractivity contribution in [3.63, 3.8) is 0 Å². The number of rotatable bonds is 57. The molecule has 66 heavy (non-hydrogen) atoms. The summed E-state index contributed by atoms with van der Waals surface area (Å²) in [5.74, 6) is 0. The predicted molar refractivity (Wildman–Crippen MR) is 298 cm³/mol. The van der Waals surface area contributed by atoms with Gasteiger partial charge in [-0.2, -0.15) is 0 Å². The maximum absolute atomic E-state index is 4.85. The van der Waals surface area contributed by atoms with Crippen molar-refractivity contribution in [2.24, 2.45) is 0 Å². The number of nitrogens with zero attached hydrogens (tertiary/aromatic N) is 2. The Morgan fingerprint density at radius 3 is 0.530 bits per heavy atom. The molecular weight excluding hydrogens is 797 g/mol. The third kappa shape index (κ3) is 45.5. The van der Waals surface area contributed by atoms with Crippen LogP contribution >= 0.6 is 0 Å². The van der Waals surface area contributed by atoms with Crippen LogP contribution in [0.3, 0.4) is 0 Å². The predicted octanol–water partition coefficient (Wildman–Crippen LogP) is 23.0. The summed E-state index contributed by atoms with van der Waals surface area (Å²) >= 11 is 0. The first-order valence-corrected chi connectivity index (χ1v) is 31.6. The lowest BCUT2D eigenvalue weighted by Crippen LogP contribution is -2.07. The topological polar surface area (TPSA) is 25.8 Å². The molecule has 1 rings (SSSR count). The Bertz CT molecular complexity index is 976. The molecule has 0 unspecified atom stereocenters. The first-order chi connectivity index (χ1) is 32.8. The summed E-state index contributed by atoms with van der Waals surface area (Å²) in [5, 5.41) is 0. The van der Waals surface area contributed by atoms with E-state index in [-0.39, 0.29) is 0 Å². The molecule has 0 atom stereocenters. The summed E-state index contributed by atoms with van der Waals surface area (Å²) in [6.07, 6.45) is 84.1. The van der Waals surface area contributed by atoms with E-state index in [4.69, 9.17) is 9.97 Å². The van der Waals surface area contributed by atoms with Crippen LogP contribution in [-0.4, -0.2) is 9.97 Å². The van der Waals surface area contributed by atoms with Gasteiger partial charge in [-0.15, -0.1) is 0 Å². The van der Waals surface area contributed by atoms with Gasteiger partial charge in [-0.25, -0.2) is 9.97 Å². The summed E-state index contributed by atoms with van der Waals surface area (Å²) in [6, 6.07) is 0. The molecule has 1 heterocycles. The van der Waals surface area contributed by atoms with Crippen LogP contribution in [0.25, 0.3) is 0 Å². The van der Waals surface area contributed by atoms with E-state index in [2.05, 4.69) is 27.1 Å². The lowest BCUT2D eigenvalue weighted by molar-refractivity contribution is 0.523. The molecule has 2 nitrogen and oxygen atoms in total. The summed E-state index contributed by atoms with van der Waals surface area (Å²) in [4.78, 5) is 9.69. The quantitative estimate of drug-likeness (QED) is 0.0609. The maximum Gasteiger partial charge on any atom is 0.198 e. The molecule has 0 aliphatic carbocycles. The first-order valence-electron chi connectivity index (χ1n) is 31.6. The Labute approximate surface area is 418 Å². The Kier molecular flexibility index (Phi) is 52.6. The highest BCUT2D eigenvalue weighted by Crippen LogP contribution is 2.22. The molecule has 2 heteroatoms. The van der Waals surface area contributed by atoms with Gasteiger partial charge < -0.3 is 0 Å². The Balaban J connectivity index is 2.28. The summed E-state index contributed by atoms with van der Waals surface area (Å²) < 4.78 is 0. The highest BCUT2D eigenvalue weighted by Gasteiger charge is 2.12. The van der Waals surface area contributed by atoms with E-state index < -0.39 is 0 Å². The fourth-order valence-corrected chi connectivity index (χ4v) is 10.7. The van der Waals surface area contributed by atoms with Gasteiger partial charge in [0, 0.05) is 11.4 Å². The van der Waals surface area contributed by atoms with Crippen LogP contribution in [0, 0.1) is 6.33 Å². The maximum atomic E-state index is 4.85. The van der Waals surface area contributed by atoms with Crippen LogP contribution in [0.15, 0.2) is 0 Å². The van der Waals surface area contributed by atoms with Gasteiger partial charge in [-0.1, -0.05) is 348 Å². The molecular formula is C64H123N2. The summed E-state index contributed by atoms with van der Waals surface area (Å²) in [6.45, 7) is 6.95. The minimum atomic E-state index is 1.14. The number of aromatic nitrogens is 2. The van der Waals surface area contributed by atoms with Crippen molar-refractivity contribution in [2.45, 2.75) is 387 Å². The fraction of sp³-hybridized carbons (Fsp3) is 0.938. The molecule has 389 valence electrons. The molecule has 0 aromatic carbocycles. The van der Waals surface area contributed by atoms with Gasteiger partial charge in [-0.05, 0) is 44.1 Å². The van der Waals surface area contributed by atoms with E-state index in [1.807, 2.05) is 0 Å². The van der Waals surface area contributed by atoms with Crippen molar-refractivity contribution >= 4 is 0 Å². The van der Waals surface area contributed by atoms with Crippen LogP contribution in [0.1, 0.15) is 384 Å². The number of unbranched alkanes of at least 4 members (excludes halogenated alkanes) is 51. The number of hydrogen-bond donors (Lipinski definition) is 0. The number of hydrogen-bond acceptors (Lipinski definition) is 2.